The lowest BCUT2D eigenvalue weighted by atomic mass is 9.92. The average molecular weight is 161 g/mol. The zero-order valence-corrected chi connectivity index (χ0v) is 7.23. The number of hydrogen-bond acceptors (Lipinski definition) is 3. The molecule has 1 aromatic rings. The SMILES string of the molecule is CC(C)C1C=Nc2cnncc21. The third kappa shape index (κ3) is 1.02. The van der Waals surface area contributed by atoms with Crippen LogP contribution in [0.15, 0.2) is 17.4 Å². The molecule has 0 fully saturated rings. The molecule has 0 spiro atoms. The van der Waals surface area contributed by atoms with Gasteiger partial charge >= 0.3 is 0 Å². The molecule has 3 heteroatoms. The minimum Gasteiger partial charge on any atom is -0.259 e. The van der Waals surface area contributed by atoms with Crippen molar-refractivity contribution in [2.75, 3.05) is 0 Å². The van der Waals surface area contributed by atoms with Crippen molar-refractivity contribution < 1.29 is 0 Å². The minimum atomic E-state index is 0.426. The van der Waals surface area contributed by atoms with Gasteiger partial charge in [0.15, 0.2) is 0 Å². The number of fused-ring (bicyclic) bond motifs is 1. The molecule has 2 heterocycles. The van der Waals surface area contributed by atoms with E-state index in [1.165, 1.54) is 5.56 Å². The van der Waals surface area contributed by atoms with E-state index < -0.39 is 0 Å². The first kappa shape index (κ1) is 7.40. The highest BCUT2D eigenvalue weighted by Crippen LogP contribution is 2.34. The van der Waals surface area contributed by atoms with Crippen LogP contribution in [0.5, 0.6) is 0 Å². The Bertz CT molecular complexity index is 317. The van der Waals surface area contributed by atoms with Gasteiger partial charge in [0.05, 0.1) is 18.1 Å². The van der Waals surface area contributed by atoms with Crippen LogP contribution in [0.3, 0.4) is 0 Å². The Kier molecular flexibility index (Phi) is 1.64. The van der Waals surface area contributed by atoms with Gasteiger partial charge in [0, 0.05) is 17.7 Å². The summed E-state index contributed by atoms with van der Waals surface area (Å²) < 4.78 is 0. The number of hydrogen-bond donors (Lipinski definition) is 0. The molecule has 3 nitrogen and oxygen atoms in total. The summed E-state index contributed by atoms with van der Waals surface area (Å²) in [4.78, 5) is 4.27. The van der Waals surface area contributed by atoms with Crippen molar-refractivity contribution in [1.29, 1.82) is 0 Å². The van der Waals surface area contributed by atoms with E-state index >= 15 is 0 Å². The summed E-state index contributed by atoms with van der Waals surface area (Å²) in [5.41, 5.74) is 2.18. The maximum atomic E-state index is 4.27. The van der Waals surface area contributed by atoms with Crippen LogP contribution in [0.1, 0.15) is 25.3 Å². The van der Waals surface area contributed by atoms with Gasteiger partial charge in [-0.1, -0.05) is 13.8 Å². The van der Waals surface area contributed by atoms with E-state index in [1.54, 1.807) is 6.20 Å². The molecule has 1 aromatic heterocycles. The highest BCUT2D eigenvalue weighted by atomic mass is 15.1. The Hall–Kier alpha value is -1.25. The van der Waals surface area contributed by atoms with E-state index in [0.717, 1.165) is 5.69 Å². The van der Waals surface area contributed by atoms with Crippen LogP contribution >= 0.6 is 0 Å². The number of aromatic nitrogens is 2. The molecule has 1 aliphatic rings. The summed E-state index contributed by atoms with van der Waals surface area (Å²) in [5, 5.41) is 7.65. The molecule has 2 rings (SSSR count). The van der Waals surface area contributed by atoms with Gasteiger partial charge in [-0.3, -0.25) is 4.99 Å². The van der Waals surface area contributed by atoms with Crippen molar-refractivity contribution in [1.82, 2.24) is 10.2 Å². The normalized spacial score (nSPS) is 20.1. The maximum Gasteiger partial charge on any atom is 0.0882 e. The van der Waals surface area contributed by atoms with Crippen LogP contribution in [-0.4, -0.2) is 16.4 Å². The summed E-state index contributed by atoms with van der Waals surface area (Å²) in [6.07, 6.45) is 5.51. The second-order valence-electron chi connectivity index (χ2n) is 3.38. The zero-order valence-electron chi connectivity index (χ0n) is 7.23. The van der Waals surface area contributed by atoms with E-state index in [-0.39, 0.29) is 0 Å². The Morgan fingerprint density at radius 3 is 2.75 bits per heavy atom. The van der Waals surface area contributed by atoms with Gasteiger partial charge in [-0.25, -0.2) is 0 Å². The van der Waals surface area contributed by atoms with Crippen molar-refractivity contribution in [3.05, 3.63) is 18.0 Å². The lowest BCUT2D eigenvalue weighted by Crippen LogP contribution is -2.04. The third-order valence-electron chi connectivity index (χ3n) is 2.19. The van der Waals surface area contributed by atoms with E-state index in [4.69, 9.17) is 0 Å². The van der Waals surface area contributed by atoms with Crippen LogP contribution in [0.2, 0.25) is 0 Å². The first-order chi connectivity index (χ1) is 5.79. The van der Waals surface area contributed by atoms with Crippen LogP contribution in [-0.2, 0) is 0 Å². The molecule has 0 amide bonds. The predicted octanol–water partition coefficient (Wildman–Crippen LogP) is 1.93. The maximum absolute atomic E-state index is 4.27. The molecule has 0 aromatic carbocycles. The largest absolute Gasteiger partial charge is 0.259 e. The van der Waals surface area contributed by atoms with Gasteiger partial charge < -0.3 is 0 Å². The molecule has 0 saturated carbocycles. The standard InChI is InChI=1S/C9H11N3/c1-6(2)7-3-10-9-5-12-11-4-8(7)9/h3-7H,1-2H3. The number of nitrogens with zero attached hydrogens (tertiary/aromatic N) is 3. The van der Waals surface area contributed by atoms with Crippen molar-refractivity contribution in [2.24, 2.45) is 10.9 Å². The Morgan fingerprint density at radius 2 is 2.00 bits per heavy atom. The van der Waals surface area contributed by atoms with Gasteiger partial charge in [-0.2, -0.15) is 10.2 Å². The molecule has 62 valence electrons. The molecule has 1 unspecified atom stereocenters. The summed E-state index contributed by atoms with van der Waals surface area (Å²) in [6, 6.07) is 0. The van der Waals surface area contributed by atoms with E-state index in [0.29, 0.717) is 11.8 Å². The van der Waals surface area contributed by atoms with Gasteiger partial charge in [-0.15, -0.1) is 0 Å². The number of rotatable bonds is 1. The lowest BCUT2D eigenvalue weighted by molar-refractivity contribution is 0.614. The molecular formula is C9H11N3. The number of aliphatic imine (C=N–C) groups is 1. The van der Waals surface area contributed by atoms with Gasteiger partial charge in [0.2, 0.25) is 0 Å². The van der Waals surface area contributed by atoms with Crippen molar-refractivity contribution >= 4 is 11.9 Å². The van der Waals surface area contributed by atoms with Crippen molar-refractivity contribution in [3.8, 4) is 0 Å². The fourth-order valence-corrected chi connectivity index (χ4v) is 1.46. The monoisotopic (exact) mass is 161 g/mol. The first-order valence-electron chi connectivity index (χ1n) is 4.14. The van der Waals surface area contributed by atoms with Crippen LogP contribution in [0, 0.1) is 5.92 Å². The van der Waals surface area contributed by atoms with Crippen molar-refractivity contribution in [3.63, 3.8) is 0 Å². The lowest BCUT2D eigenvalue weighted by Gasteiger charge is -2.11. The summed E-state index contributed by atoms with van der Waals surface area (Å²) >= 11 is 0. The highest BCUT2D eigenvalue weighted by Gasteiger charge is 2.21. The third-order valence-corrected chi connectivity index (χ3v) is 2.19. The second kappa shape index (κ2) is 2.66. The zero-order chi connectivity index (χ0) is 8.55. The van der Waals surface area contributed by atoms with Crippen LogP contribution in [0.4, 0.5) is 5.69 Å². The minimum absolute atomic E-state index is 0.426. The smallest absolute Gasteiger partial charge is 0.0882 e. The quantitative estimate of drug-likeness (QED) is 0.631. The Balaban J connectivity index is 2.42. The molecule has 0 radical (unpaired) electrons. The van der Waals surface area contributed by atoms with Gasteiger partial charge in [-0.05, 0) is 5.92 Å². The second-order valence-corrected chi connectivity index (χ2v) is 3.38. The van der Waals surface area contributed by atoms with Crippen LogP contribution in [0.25, 0.3) is 0 Å². The first-order valence-corrected chi connectivity index (χ1v) is 4.14. The summed E-state index contributed by atoms with van der Waals surface area (Å²) in [6.45, 7) is 4.37. The average Bonchev–Trinajstić information content (AvgIpc) is 2.47. The fraction of sp³-hybridized carbons (Fsp3) is 0.444. The molecular weight excluding hydrogens is 150 g/mol. The van der Waals surface area contributed by atoms with Gasteiger partial charge in [0.1, 0.15) is 0 Å². The van der Waals surface area contributed by atoms with Gasteiger partial charge in [0.25, 0.3) is 0 Å². The molecule has 12 heavy (non-hydrogen) atoms. The topological polar surface area (TPSA) is 38.1 Å². The van der Waals surface area contributed by atoms with Crippen molar-refractivity contribution in [2.45, 2.75) is 19.8 Å². The van der Waals surface area contributed by atoms with E-state index in [2.05, 4.69) is 29.0 Å². The molecule has 0 saturated heterocycles. The Morgan fingerprint density at radius 1 is 1.25 bits per heavy atom. The molecule has 0 bridgehead atoms. The van der Waals surface area contributed by atoms with Crippen LogP contribution < -0.4 is 0 Å². The summed E-state index contributed by atoms with van der Waals surface area (Å²) in [5.74, 6) is 1.01. The molecule has 1 atom stereocenters. The fourth-order valence-electron chi connectivity index (χ4n) is 1.46. The molecule has 0 N–H and O–H groups in total. The molecule has 1 aliphatic heterocycles. The Labute approximate surface area is 71.6 Å². The highest BCUT2D eigenvalue weighted by molar-refractivity contribution is 5.80. The molecule has 0 aliphatic carbocycles. The van der Waals surface area contributed by atoms with E-state index in [9.17, 15) is 0 Å². The van der Waals surface area contributed by atoms with E-state index in [1.807, 2.05) is 12.4 Å². The summed E-state index contributed by atoms with van der Waals surface area (Å²) in [7, 11) is 0. The predicted molar refractivity (Wildman–Crippen MR) is 47.8 cm³/mol.